The van der Waals surface area contributed by atoms with Gasteiger partial charge < -0.3 is 14.6 Å². The first kappa shape index (κ1) is 18.1. The van der Waals surface area contributed by atoms with Crippen molar-refractivity contribution in [1.82, 2.24) is 0 Å². The van der Waals surface area contributed by atoms with Crippen LogP contribution in [0.5, 0.6) is 11.5 Å². The van der Waals surface area contributed by atoms with Crippen LogP contribution >= 0.6 is 0 Å². The number of methoxy groups -OCH3 is 2. The summed E-state index contributed by atoms with van der Waals surface area (Å²) in [4.78, 5) is 11.4. The third-order valence-electron chi connectivity index (χ3n) is 4.35. The fourth-order valence-corrected chi connectivity index (χ4v) is 4.53. The smallest absolute Gasteiger partial charge is 0.335 e. The van der Waals surface area contributed by atoms with E-state index in [1.807, 2.05) is 0 Å². The van der Waals surface area contributed by atoms with Crippen LogP contribution in [0.3, 0.4) is 0 Å². The highest BCUT2D eigenvalue weighted by Gasteiger charge is 2.26. The Bertz CT molecular complexity index is 968. The van der Waals surface area contributed by atoms with Gasteiger partial charge in [0.2, 0.25) is 0 Å². The number of nitrogens with one attached hydrogen (secondary N) is 1. The summed E-state index contributed by atoms with van der Waals surface area (Å²) in [6, 6.07) is 7.43. The normalized spacial score (nSPS) is 13.2. The molecule has 0 aromatic heterocycles. The van der Waals surface area contributed by atoms with Gasteiger partial charge in [-0.2, -0.15) is 0 Å². The van der Waals surface area contributed by atoms with Gasteiger partial charge in [0.15, 0.2) is 11.5 Å². The lowest BCUT2D eigenvalue weighted by atomic mass is 10.1. The van der Waals surface area contributed by atoms with Crippen LogP contribution in [-0.2, 0) is 22.9 Å². The van der Waals surface area contributed by atoms with E-state index in [0.29, 0.717) is 35.6 Å². The standard InChI is InChI=1S/C18H19NO6S/c1-24-15-7-6-13(10-16(15)25-2)19-26(22,23)17-9-12(18(20)21)8-11-4-3-5-14(11)17/h6-10,19H,3-5H2,1-2H3,(H,20,21). The number of sulfonamides is 1. The third kappa shape index (κ3) is 3.32. The van der Waals surface area contributed by atoms with E-state index in [-0.39, 0.29) is 10.5 Å². The van der Waals surface area contributed by atoms with Gasteiger partial charge in [0.25, 0.3) is 10.0 Å². The maximum Gasteiger partial charge on any atom is 0.335 e. The predicted octanol–water partition coefficient (Wildman–Crippen LogP) is 2.69. The number of carboxylic acids is 1. The van der Waals surface area contributed by atoms with E-state index in [4.69, 9.17) is 9.47 Å². The molecule has 0 aliphatic heterocycles. The molecule has 2 N–H and O–H groups in total. The highest BCUT2D eigenvalue weighted by molar-refractivity contribution is 7.92. The first-order valence-electron chi connectivity index (χ1n) is 7.99. The fourth-order valence-electron chi connectivity index (χ4n) is 3.14. The average Bonchev–Trinajstić information content (AvgIpc) is 3.08. The number of carbonyl (C=O) groups is 1. The molecule has 2 aromatic rings. The Labute approximate surface area is 151 Å². The molecule has 1 aliphatic rings. The maximum absolute atomic E-state index is 12.9. The predicted molar refractivity (Wildman–Crippen MR) is 95.8 cm³/mol. The van der Waals surface area contributed by atoms with Gasteiger partial charge in [-0.15, -0.1) is 0 Å². The van der Waals surface area contributed by atoms with E-state index in [1.54, 1.807) is 18.2 Å². The molecule has 138 valence electrons. The largest absolute Gasteiger partial charge is 0.493 e. The summed E-state index contributed by atoms with van der Waals surface area (Å²) in [6.45, 7) is 0. The average molecular weight is 377 g/mol. The number of aryl methyl sites for hydroxylation is 1. The second-order valence-electron chi connectivity index (χ2n) is 5.95. The molecule has 0 fully saturated rings. The van der Waals surface area contributed by atoms with Crippen molar-refractivity contribution in [2.45, 2.75) is 24.2 Å². The van der Waals surface area contributed by atoms with Gasteiger partial charge in [-0.1, -0.05) is 0 Å². The molecule has 26 heavy (non-hydrogen) atoms. The number of hydrogen-bond acceptors (Lipinski definition) is 5. The highest BCUT2D eigenvalue weighted by Crippen LogP contribution is 2.33. The van der Waals surface area contributed by atoms with E-state index in [0.717, 1.165) is 12.0 Å². The third-order valence-corrected chi connectivity index (χ3v) is 5.79. The molecule has 0 saturated carbocycles. The number of carboxylic acid groups (broad SMARTS) is 1. The van der Waals surface area contributed by atoms with Gasteiger partial charge >= 0.3 is 5.97 Å². The summed E-state index contributed by atoms with van der Waals surface area (Å²) in [5.74, 6) is -0.288. The quantitative estimate of drug-likeness (QED) is 0.802. The zero-order valence-electron chi connectivity index (χ0n) is 14.4. The lowest BCUT2D eigenvalue weighted by molar-refractivity contribution is 0.0696. The second-order valence-corrected chi connectivity index (χ2v) is 7.60. The summed E-state index contributed by atoms with van der Waals surface area (Å²) in [5.41, 5.74) is 1.73. The van der Waals surface area contributed by atoms with Crippen molar-refractivity contribution in [3.8, 4) is 11.5 Å². The van der Waals surface area contributed by atoms with Crippen LogP contribution in [0.2, 0.25) is 0 Å². The second kappa shape index (κ2) is 6.87. The van der Waals surface area contributed by atoms with Crippen LogP contribution in [0.15, 0.2) is 35.2 Å². The van der Waals surface area contributed by atoms with E-state index in [2.05, 4.69) is 4.72 Å². The number of ether oxygens (including phenoxy) is 2. The minimum absolute atomic E-state index is 0.0136. The first-order chi connectivity index (χ1) is 12.4. The summed E-state index contributed by atoms with van der Waals surface area (Å²) in [5, 5.41) is 9.28. The minimum atomic E-state index is -3.95. The molecule has 8 heteroatoms. The lowest BCUT2D eigenvalue weighted by Crippen LogP contribution is -2.16. The molecule has 0 spiro atoms. The zero-order valence-corrected chi connectivity index (χ0v) is 15.2. The molecular formula is C18H19NO6S. The monoisotopic (exact) mass is 377 g/mol. The summed E-state index contributed by atoms with van der Waals surface area (Å²) >= 11 is 0. The van der Waals surface area contributed by atoms with Gasteiger partial charge in [-0.05, 0) is 54.7 Å². The highest BCUT2D eigenvalue weighted by atomic mass is 32.2. The van der Waals surface area contributed by atoms with Gasteiger partial charge in [-0.3, -0.25) is 4.72 Å². The van der Waals surface area contributed by atoms with Crippen molar-refractivity contribution < 1.29 is 27.8 Å². The van der Waals surface area contributed by atoms with Crippen LogP contribution in [-0.4, -0.2) is 33.7 Å². The zero-order chi connectivity index (χ0) is 18.9. The van der Waals surface area contributed by atoms with Crippen molar-refractivity contribution >= 4 is 21.7 Å². The molecule has 0 unspecified atom stereocenters. The molecule has 2 aromatic carbocycles. The fraction of sp³-hybridized carbons (Fsp3) is 0.278. The Hall–Kier alpha value is -2.74. The van der Waals surface area contributed by atoms with Crippen LogP contribution < -0.4 is 14.2 Å². The molecule has 3 rings (SSSR count). The number of rotatable bonds is 6. The van der Waals surface area contributed by atoms with Crippen molar-refractivity contribution in [2.75, 3.05) is 18.9 Å². The SMILES string of the molecule is COc1ccc(NS(=O)(=O)c2cc(C(=O)O)cc3c2CCC3)cc1OC. The van der Waals surface area contributed by atoms with E-state index in [9.17, 15) is 18.3 Å². The van der Waals surface area contributed by atoms with Crippen molar-refractivity contribution in [2.24, 2.45) is 0 Å². The van der Waals surface area contributed by atoms with E-state index >= 15 is 0 Å². The van der Waals surface area contributed by atoms with E-state index < -0.39 is 16.0 Å². The minimum Gasteiger partial charge on any atom is -0.493 e. The maximum atomic E-state index is 12.9. The molecule has 0 amide bonds. The number of aromatic carboxylic acids is 1. The van der Waals surface area contributed by atoms with Gasteiger partial charge in [0.1, 0.15) is 0 Å². The van der Waals surface area contributed by atoms with Crippen molar-refractivity contribution in [3.05, 3.63) is 47.0 Å². The lowest BCUT2D eigenvalue weighted by Gasteiger charge is -2.14. The first-order valence-corrected chi connectivity index (χ1v) is 9.48. The van der Waals surface area contributed by atoms with Crippen LogP contribution in [0.25, 0.3) is 0 Å². The molecule has 0 atom stereocenters. The summed E-state index contributed by atoms with van der Waals surface area (Å²) in [7, 11) is -1.00. The van der Waals surface area contributed by atoms with Gasteiger partial charge in [0, 0.05) is 6.07 Å². The Kier molecular flexibility index (Phi) is 4.78. The van der Waals surface area contributed by atoms with Crippen LogP contribution in [0, 0.1) is 0 Å². The van der Waals surface area contributed by atoms with Crippen LogP contribution in [0.1, 0.15) is 27.9 Å². The number of hydrogen-bond donors (Lipinski definition) is 2. The number of fused-ring (bicyclic) bond motifs is 1. The molecule has 0 radical (unpaired) electrons. The van der Waals surface area contributed by atoms with Crippen LogP contribution in [0.4, 0.5) is 5.69 Å². The molecule has 0 bridgehead atoms. The Morgan fingerprint density at radius 1 is 1.08 bits per heavy atom. The molecule has 7 nitrogen and oxygen atoms in total. The number of anilines is 1. The van der Waals surface area contributed by atoms with Gasteiger partial charge in [-0.25, -0.2) is 13.2 Å². The van der Waals surface area contributed by atoms with Crippen molar-refractivity contribution in [1.29, 1.82) is 0 Å². The molecule has 0 heterocycles. The Balaban J connectivity index is 2.03. The van der Waals surface area contributed by atoms with Crippen molar-refractivity contribution in [3.63, 3.8) is 0 Å². The summed E-state index contributed by atoms with van der Waals surface area (Å²) < 4.78 is 38.7. The Morgan fingerprint density at radius 3 is 2.46 bits per heavy atom. The molecule has 0 saturated heterocycles. The summed E-state index contributed by atoms with van der Waals surface area (Å²) in [6.07, 6.45) is 2.09. The van der Waals surface area contributed by atoms with Gasteiger partial charge in [0.05, 0.1) is 30.4 Å². The van der Waals surface area contributed by atoms with E-state index in [1.165, 1.54) is 26.4 Å². The number of benzene rings is 2. The molecular weight excluding hydrogens is 358 g/mol. The topological polar surface area (TPSA) is 102 Å². The Morgan fingerprint density at radius 2 is 1.81 bits per heavy atom. The molecule has 1 aliphatic carbocycles.